The van der Waals surface area contributed by atoms with Crippen LogP contribution in [0.4, 0.5) is 0 Å². The molecule has 7 heteroatoms. The molecule has 0 fully saturated rings. The molecule has 5 nitrogen and oxygen atoms in total. The van der Waals surface area contributed by atoms with Gasteiger partial charge in [-0.1, -0.05) is 23.9 Å². The van der Waals surface area contributed by atoms with Gasteiger partial charge < -0.3 is 10.5 Å². The lowest BCUT2D eigenvalue weighted by molar-refractivity contribution is 0.475. The molecule has 0 unspecified atom stereocenters. The van der Waals surface area contributed by atoms with Crippen molar-refractivity contribution >= 4 is 28.8 Å². The van der Waals surface area contributed by atoms with E-state index in [0.29, 0.717) is 23.0 Å². The fourth-order valence-electron chi connectivity index (χ4n) is 1.88. The van der Waals surface area contributed by atoms with E-state index in [1.807, 2.05) is 29.0 Å². The highest BCUT2D eigenvalue weighted by molar-refractivity contribution is 7.99. The number of benzene rings is 1. The van der Waals surface area contributed by atoms with Crippen molar-refractivity contribution in [3.05, 3.63) is 58.0 Å². The maximum Gasteiger partial charge on any atom is 0.208 e. The summed E-state index contributed by atoms with van der Waals surface area (Å²) in [5.74, 6) is 1.58. The number of hydrogen-bond donors (Lipinski definition) is 3. The molecule has 0 aliphatic rings. The molecule has 0 spiro atoms. The van der Waals surface area contributed by atoms with Gasteiger partial charge in [0.25, 0.3) is 0 Å². The molecular weight excluding hydrogens is 316 g/mol. The zero-order valence-corrected chi connectivity index (χ0v) is 13.2. The van der Waals surface area contributed by atoms with Gasteiger partial charge in [0.05, 0.1) is 0 Å². The molecule has 2 aromatic heterocycles. The fraction of sp³-hybridized carbons (Fsp3) is 0.133. The molecule has 22 heavy (non-hydrogen) atoms. The smallest absolute Gasteiger partial charge is 0.208 e. The first kappa shape index (κ1) is 14.8. The van der Waals surface area contributed by atoms with Crippen molar-refractivity contribution in [2.24, 2.45) is 0 Å². The number of H-pyrrole nitrogens is 1. The van der Waals surface area contributed by atoms with Gasteiger partial charge in [-0.25, -0.2) is 4.98 Å². The van der Waals surface area contributed by atoms with E-state index in [-0.39, 0.29) is 5.75 Å². The lowest BCUT2D eigenvalue weighted by Crippen LogP contribution is -2.00. The van der Waals surface area contributed by atoms with Crippen LogP contribution < -0.4 is 0 Å². The lowest BCUT2D eigenvalue weighted by Gasteiger charge is -1.98. The Morgan fingerprint density at radius 1 is 1.27 bits per heavy atom. The molecule has 0 radical (unpaired) electrons. The van der Waals surface area contributed by atoms with Crippen LogP contribution in [-0.4, -0.2) is 31.8 Å². The molecule has 0 atom stereocenters. The predicted octanol–water partition coefficient (Wildman–Crippen LogP) is 3.32. The van der Waals surface area contributed by atoms with E-state index < -0.39 is 0 Å². The van der Waals surface area contributed by atoms with Crippen LogP contribution in [0.5, 0.6) is 5.75 Å². The average Bonchev–Trinajstić information content (AvgIpc) is 3.19. The third-order valence-corrected chi connectivity index (χ3v) is 4.59. The molecule has 1 aromatic carbocycles. The van der Waals surface area contributed by atoms with E-state index in [1.165, 1.54) is 11.8 Å². The summed E-state index contributed by atoms with van der Waals surface area (Å²) in [6, 6.07) is 8.97. The highest BCUT2D eigenvalue weighted by atomic mass is 32.2. The Bertz CT molecular complexity index is 750. The summed E-state index contributed by atoms with van der Waals surface area (Å²) in [5.41, 5.74) is 2.59. The Kier molecular flexibility index (Phi) is 4.55. The lowest BCUT2D eigenvalue weighted by atomic mass is 10.1. The van der Waals surface area contributed by atoms with Gasteiger partial charge in [0.2, 0.25) is 5.16 Å². The van der Waals surface area contributed by atoms with E-state index in [2.05, 4.69) is 15.2 Å². The predicted molar refractivity (Wildman–Crippen MR) is 89.2 cm³/mol. The summed E-state index contributed by atoms with van der Waals surface area (Å²) in [7, 11) is 0. The second-order valence-corrected chi connectivity index (χ2v) is 6.41. The summed E-state index contributed by atoms with van der Waals surface area (Å²) < 4.78 is 0. The van der Waals surface area contributed by atoms with Crippen LogP contribution in [-0.2, 0) is 6.42 Å². The Morgan fingerprint density at radius 3 is 2.82 bits per heavy atom. The number of nitrogens with zero attached hydrogens (tertiary/aromatic N) is 2. The highest BCUT2D eigenvalue weighted by Gasteiger charge is 2.08. The second kappa shape index (κ2) is 6.76. The van der Waals surface area contributed by atoms with Gasteiger partial charge in [0.1, 0.15) is 11.6 Å². The zero-order chi connectivity index (χ0) is 15.4. The van der Waals surface area contributed by atoms with Gasteiger partial charge in [-0.15, -0.1) is 5.10 Å². The number of hydrogen-bond acceptors (Lipinski definition) is 6. The van der Waals surface area contributed by atoms with Crippen molar-refractivity contribution < 1.29 is 5.11 Å². The third-order valence-electron chi connectivity index (χ3n) is 3.03. The number of thiophene rings is 1. The number of nitrogens with one attached hydrogen (secondary N) is 2. The number of phenols is 1. The van der Waals surface area contributed by atoms with E-state index in [9.17, 15) is 5.11 Å². The summed E-state index contributed by atoms with van der Waals surface area (Å²) in [4.78, 5) is 4.42. The Morgan fingerprint density at radius 2 is 2.09 bits per heavy atom. The normalized spacial score (nSPS) is 10.7. The Balaban J connectivity index is 1.57. The summed E-state index contributed by atoms with van der Waals surface area (Å²) >= 11 is 3.04. The van der Waals surface area contributed by atoms with Crippen LogP contribution in [0.1, 0.15) is 17.0 Å². The van der Waals surface area contributed by atoms with Gasteiger partial charge in [0, 0.05) is 23.4 Å². The Labute approximate surface area is 136 Å². The van der Waals surface area contributed by atoms with Crippen LogP contribution >= 0.6 is 23.1 Å². The molecule has 0 bridgehead atoms. The molecular formula is C15H14N4OS2. The third kappa shape index (κ3) is 3.75. The first-order valence-electron chi connectivity index (χ1n) is 6.62. The Hall–Kier alpha value is -2.12. The van der Waals surface area contributed by atoms with Crippen LogP contribution in [0.25, 0.3) is 0 Å². The zero-order valence-electron chi connectivity index (χ0n) is 11.6. The summed E-state index contributed by atoms with van der Waals surface area (Å²) in [5, 5.41) is 28.9. The minimum Gasteiger partial charge on any atom is -0.508 e. The first-order valence-corrected chi connectivity index (χ1v) is 8.55. The minimum absolute atomic E-state index is 0.254. The molecule has 112 valence electrons. The topological polar surface area (TPSA) is 85.7 Å². The maximum atomic E-state index is 9.27. The molecule has 0 saturated carbocycles. The van der Waals surface area contributed by atoms with E-state index in [0.717, 1.165) is 17.0 Å². The number of aromatic hydroxyl groups is 1. The van der Waals surface area contributed by atoms with Crippen LogP contribution in [0.2, 0.25) is 0 Å². The van der Waals surface area contributed by atoms with E-state index in [4.69, 9.17) is 5.41 Å². The molecule has 0 aliphatic heterocycles. The van der Waals surface area contributed by atoms with Gasteiger partial charge >= 0.3 is 0 Å². The standard InChI is InChI=1S/C15H14N4OS2/c16-13(11-5-6-21-8-11)9-22-15-17-14(18-19-15)7-10-1-3-12(20)4-2-10/h1-6,8,16,20H,7,9H2,(H,17,18,19). The van der Waals surface area contributed by atoms with Crippen molar-refractivity contribution in [2.45, 2.75) is 11.6 Å². The molecule has 3 N–H and O–H groups in total. The second-order valence-electron chi connectivity index (χ2n) is 4.69. The SMILES string of the molecule is N=C(CSc1n[nH]c(Cc2ccc(O)cc2)n1)c1ccsc1. The number of aromatic amines is 1. The van der Waals surface area contributed by atoms with Gasteiger partial charge in [-0.3, -0.25) is 5.10 Å². The number of aromatic nitrogens is 3. The summed E-state index contributed by atoms with van der Waals surface area (Å²) in [6.07, 6.45) is 0.635. The van der Waals surface area contributed by atoms with Gasteiger partial charge in [0.15, 0.2) is 0 Å². The van der Waals surface area contributed by atoms with Crippen molar-refractivity contribution in [3.8, 4) is 5.75 Å². The van der Waals surface area contributed by atoms with Gasteiger partial charge in [-0.2, -0.15) is 11.3 Å². The first-order chi connectivity index (χ1) is 10.7. The molecule has 3 rings (SSSR count). The van der Waals surface area contributed by atoms with Crippen LogP contribution in [0, 0.1) is 5.41 Å². The monoisotopic (exact) mass is 330 g/mol. The van der Waals surface area contributed by atoms with Crippen molar-refractivity contribution in [3.63, 3.8) is 0 Å². The van der Waals surface area contributed by atoms with Crippen molar-refractivity contribution in [1.29, 1.82) is 5.41 Å². The molecule has 0 aliphatic carbocycles. The molecule has 3 aromatic rings. The van der Waals surface area contributed by atoms with E-state index >= 15 is 0 Å². The maximum absolute atomic E-state index is 9.27. The molecule has 2 heterocycles. The van der Waals surface area contributed by atoms with Crippen LogP contribution in [0.15, 0.2) is 46.2 Å². The quantitative estimate of drug-likeness (QED) is 0.478. The largest absolute Gasteiger partial charge is 0.508 e. The number of rotatable bonds is 6. The number of phenolic OH excluding ortho intramolecular Hbond substituents is 1. The highest BCUT2D eigenvalue weighted by Crippen LogP contribution is 2.17. The van der Waals surface area contributed by atoms with E-state index in [1.54, 1.807) is 23.5 Å². The van der Waals surface area contributed by atoms with Crippen LogP contribution in [0.3, 0.4) is 0 Å². The fourth-order valence-corrected chi connectivity index (χ4v) is 3.28. The molecule has 0 amide bonds. The summed E-state index contributed by atoms with van der Waals surface area (Å²) in [6.45, 7) is 0. The van der Waals surface area contributed by atoms with Crippen molar-refractivity contribution in [1.82, 2.24) is 15.2 Å². The average molecular weight is 330 g/mol. The molecule has 0 saturated heterocycles. The minimum atomic E-state index is 0.254. The van der Waals surface area contributed by atoms with Crippen molar-refractivity contribution in [2.75, 3.05) is 5.75 Å². The van der Waals surface area contributed by atoms with Gasteiger partial charge in [-0.05, 0) is 34.5 Å². The number of thioether (sulfide) groups is 1.